The number of carbonyl (C=O) groups is 1. The first-order valence-corrected chi connectivity index (χ1v) is 28.7. The number of carbonyl (C=O) groups excluding carboxylic acids is 3. The average Bonchev–Trinajstić information content (AvgIpc) is 4.15. The summed E-state index contributed by atoms with van der Waals surface area (Å²) in [5, 5.41) is 40.5. The number of anilines is 1. The van der Waals surface area contributed by atoms with Crippen molar-refractivity contribution in [2.75, 3.05) is 38.4 Å². The standard InChI is InChI=1S/C44H55FN10O13P2Si.CO2/c1-8-21-60-69(58,61-22-13-19-46)66-36-32(65-42(33(36)45)54-27-50-35-39(48-26-49-40(35)54)51-41(57)29-16-10-9-11-17-29)25-63-70(59,62-23-14-20-47)67-38-37(68-71(6,7)44(3,4)5)31(24-56)64-43(38)55-30-18-12-15-28(2)34(30)52-53-55;2-1-3/h8-12,15-18,26-27,31-33,36-38,42-43,56H,1,13-14,21-25H2,2-7H3,(H,48,49,51,57);/t31?,32-,33-,36-,37-,38-,42-,43-,69?,70?;/m1./s1. The Labute approximate surface area is 425 Å². The molecule has 25 nitrogen and oxygen atoms in total. The molecule has 1 amide bonds. The normalized spacial score (nSPS) is 23.4. The van der Waals surface area contributed by atoms with Gasteiger partial charge in [0.25, 0.3) is 5.91 Å². The maximum Gasteiger partial charge on any atom is 0.475 e. The van der Waals surface area contributed by atoms with E-state index in [0.717, 1.165) is 11.9 Å². The summed E-state index contributed by atoms with van der Waals surface area (Å²) in [7, 11) is -12.5. The molecule has 0 spiro atoms. The van der Waals surface area contributed by atoms with E-state index >= 15 is 8.96 Å². The zero-order valence-electron chi connectivity index (χ0n) is 41.1. The molecule has 2 saturated heterocycles. The Kier molecular flexibility index (Phi) is 19.5. The molecule has 5 heterocycles. The lowest BCUT2D eigenvalue weighted by Crippen LogP contribution is -2.50. The van der Waals surface area contributed by atoms with E-state index in [4.69, 9.17) is 50.6 Å². The first kappa shape index (κ1) is 57.4. The third kappa shape index (κ3) is 13.3. The van der Waals surface area contributed by atoms with Gasteiger partial charge in [-0.15, -0.1) is 11.7 Å². The smallest absolute Gasteiger partial charge is 0.408 e. The summed E-state index contributed by atoms with van der Waals surface area (Å²) >= 11 is 0. The summed E-state index contributed by atoms with van der Waals surface area (Å²) in [4.78, 5) is 42.2. The number of aliphatic hydroxyl groups excluding tert-OH is 1. The molecule has 5 aromatic rings. The molecule has 2 aliphatic heterocycles. The van der Waals surface area contributed by atoms with Crippen molar-refractivity contribution < 1.29 is 74.1 Å². The molecule has 2 aliphatic rings. The number of fused-ring (bicyclic) bond motifs is 2. The van der Waals surface area contributed by atoms with Gasteiger partial charge in [-0.3, -0.25) is 36.5 Å². The summed E-state index contributed by atoms with van der Waals surface area (Å²) < 4.78 is 104. The number of aliphatic hydroxyl groups is 1. The van der Waals surface area contributed by atoms with Gasteiger partial charge in [0, 0.05) is 5.56 Å². The number of hydrogen-bond acceptors (Lipinski definition) is 22. The summed E-state index contributed by atoms with van der Waals surface area (Å²) in [6, 6.07) is 17.5. The van der Waals surface area contributed by atoms with Crippen LogP contribution in [0.5, 0.6) is 0 Å². The van der Waals surface area contributed by atoms with Crippen LogP contribution in [0.4, 0.5) is 10.2 Å². The lowest BCUT2D eigenvalue weighted by Gasteiger charge is -2.40. The van der Waals surface area contributed by atoms with Crippen molar-refractivity contribution in [3.05, 3.63) is 85.0 Å². The van der Waals surface area contributed by atoms with Gasteiger partial charge >= 0.3 is 21.8 Å². The Morgan fingerprint density at radius 3 is 2.19 bits per heavy atom. The van der Waals surface area contributed by atoms with Gasteiger partial charge in [0.05, 0.1) is 69.9 Å². The van der Waals surface area contributed by atoms with E-state index in [2.05, 4.69) is 37.2 Å². The third-order valence-corrected chi connectivity index (χ3v) is 19.4. The van der Waals surface area contributed by atoms with Crippen LogP contribution in [0.1, 0.15) is 62.0 Å². The minimum atomic E-state index is -5.00. The summed E-state index contributed by atoms with van der Waals surface area (Å²) in [6.45, 7) is 12.6. The van der Waals surface area contributed by atoms with Crippen molar-refractivity contribution >= 4 is 64.0 Å². The van der Waals surface area contributed by atoms with Gasteiger partial charge in [-0.1, -0.05) is 62.4 Å². The topological polar surface area (TPSA) is 323 Å². The number of ether oxygens (including phenoxy) is 2. The zero-order valence-corrected chi connectivity index (χ0v) is 43.9. The molecule has 29 heteroatoms. The lowest BCUT2D eigenvalue weighted by atomic mass is 10.1. The maximum atomic E-state index is 17.3. The molecular formula is C45H55FN10O15P2Si. The molecule has 3 aromatic heterocycles. The molecular weight excluding hydrogens is 1030 g/mol. The van der Waals surface area contributed by atoms with Gasteiger partial charge in [-0.05, 0) is 48.8 Å². The second-order valence-corrected chi connectivity index (χ2v) is 25.9. The Balaban J connectivity index is 0.00000290. The molecule has 396 valence electrons. The highest BCUT2D eigenvalue weighted by Crippen LogP contribution is 2.57. The van der Waals surface area contributed by atoms with Crippen LogP contribution >= 0.6 is 15.6 Å². The molecule has 2 N–H and O–H groups in total. The lowest BCUT2D eigenvalue weighted by molar-refractivity contribution is -0.191. The number of nitriles is 2. The number of phosphoric acid groups is 2. The zero-order chi connectivity index (χ0) is 53.8. The number of rotatable bonds is 23. The molecule has 2 aromatic carbocycles. The van der Waals surface area contributed by atoms with Crippen LogP contribution in [0.15, 0.2) is 73.8 Å². The van der Waals surface area contributed by atoms with Crippen molar-refractivity contribution in [3.8, 4) is 12.1 Å². The van der Waals surface area contributed by atoms with Gasteiger partial charge < -0.3 is 24.3 Å². The van der Waals surface area contributed by atoms with Crippen LogP contribution in [0.3, 0.4) is 0 Å². The minimum absolute atomic E-state index is 0.00385. The number of alkyl halides is 1. The van der Waals surface area contributed by atoms with Crippen LogP contribution in [-0.2, 0) is 59.8 Å². The van der Waals surface area contributed by atoms with Crippen molar-refractivity contribution in [1.29, 1.82) is 10.5 Å². The van der Waals surface area contributed by atoms with Crippen molar-refractivity contribution in [2.45, 2.75) is 108 Å². The average molecular weight is 1090 g/mol. The van der Waals surface area contributed by atoms with E-state index in [1.54, 1.807) is 42.5 Å². The number of imidazole rings is 1. The number of amides is 1. The maximum absolute atomic E-state index is 17.3. The molecule has 0 saturated carbocycles. The predicted octanol–water partition coefficient (Wildman–Crippen LogP) is 6.83. The number of benzene rings is 2. The van der Waals surface area contributed by atoms with Crippen LogP contribution in [0.2, 0.25) is 18.1 Å². The summed E-state index contributed by atoms with van der Waals surface area (Å²) in [5.41, 5.74) is 2.21. The number of nitrogens with one attached hydrogen (secondary N) is 1. The number of phosphoric ester groups is 2. The fraction of sp³-hybridized carbons (Fsp3) is 0.489. The second-order valence-electron chi connectivity index (χ2n) is 17.9. The van der Waals surface area contributed by atoms with E-state index in [0.29, 0.717) is 16.6 Å². The third-order valence-electron chi connectivity index (χ3n) is 12.0. The molecule has 10 atom stereocenters. The van der Waals surface area contributed by atoms with E-state index in [1.165, 1.54) is 21.7 Å². The van der Waals surface area contributed by atoms with Crippen LogP contribution in [-0.4, -0.2) is 130 Å². The van der Waals surface area contributed by atoms with Crippen LogP contribution in [0, 0.1) is 29.6 Å². The number of aryl methyl sites for hydroxylation is 1. The van der Waals surface area contributed by atoms with Crippen LogP contribution in [0.25, 0.3) is 22.2 Å². The van der Waals surface area contributed by atoms with E-state index in [-0.39, 0.29) is 47.6 Å². The van der Waals surface area contributed by atoms with Crippen molar-refractivity contribution in [2.24, 2.45) is 0 Å². The van der Waals surface area contributed by atoms with Gasteiger partial charge in [-0.25, -0.2) is 33.2 Å². The molecule has 0 bridgehead atoms. The molecule has 0 aliphatic carbocycles. The Morgan fingerprint density at radius 1 is 0.905 bits per heavy atom. The van der Waals surface area contributed by atoms with E-state index in [9.17, 15) is 25.0 Å². The largest absolute Gasteiger partial charge is 0.475 e. The Bertz CT molecular complexity index is 2960. The van der Waals surface area contributed by atoms with Crippen molar-refractivity contribution in [3.63, 3.8) is 0 Å². The fourth-order valence-corrected chi connectivity index (χ4v) is 11.4. The quantitative estimate of drug-likeness (QED) is 0.0293. The first-order chi connectivity index (χ1) is 35.3. The van der Waals surface area contributed by atoms with Gasteiger partial charge in [0.2, 0.25) is 0 Å². The monoisotopic (exact) mass is 1080 g/mol. The molecule has 3 unspecified atom stereocenters. The minimum Gasteiger partial charge on any atom is -0.408 e. The van der Waals surface area contributed by atoms with E-state index in [1.807, 2.05) is 59.0 Å². The Hall–Kier alpha value is -5.83. The van der Waals surface area contributed by atoms with Crippen molar-refractivity contribution in [1.82, 2.24) is 34.5 Å². The van der Waals surface area contributed by atoms with E-state index < -0.39 is 105 Å². The SMILES string of the molecule is C=CCOP(=O)(OCCC#N)O[C@H]1[C@@H](F)[C@H](n2cnc3c(NC(=O)c4ccccc4)ncnc32)O[C@@H]1COP(=O)(OCCC#N)O[C@@H]1[C@H](O[Si](C)(C)C(C)(C)C)C(CO)O[C@H]1n1nnc2c(C)cccc21.O=C=O. The summed E-state index contributed by atoms with van der Waals surface area (Å²) in [5.74, 6) is -0.515. The second kappa shape index (κ2) is 25.1. The highest BCUT2D eigenvalue weighted by molar-refractivity contribution is 7.48. The molecule has 74 heavy (non-hydrogen) atoms. The Morgan fingerprint density at radius 2 is 1.55 bits per heavy atom. The molecule has 7 rings (SSSR count). The number of aromatic nitrogens is 7. The first-order valence-electron chi connectivity index (χ1n) is 22.8. The molecule has 0 radical (unpaired) electrons. The highest BCUT2D eigenvalue weighted by atomic mass is 31.2. The molecule has 2 fully saturated rings. The van der Waals surface area contributed by atoms with Gasteiger partial charge in [0.15, 0.2) is 43.9 Å². The van der Waals surface area contributed by atoms with Gasteiger partial charge in [-0.2, -0.15) is 20.1 Å². The number of nitrogens with zero attached hydrogens (tertiary/aromatic N) is 9. The summed E-state index contributed by atoms with van der Waals surface area (Å²) in [6.07, 6.45) is -9.10. The van der Waals surface area contributed by atoms with Gasteiger partial charge in [0.1, 0.15) is 42.4 Å². The fourth-order valence-electron chi connectivity index (χ4n) is 7.40. The predicted molar refractivity (Wildman–Crippen MR) is 258 cm³/mol. The number of halogens is 1. The number of hydrogen-bond donors (Lipinski definition) is 2. The highest BCUT2D eigenvalue weighted by Gasteiger charge is 2.56. The van der Waals surface area contributed by atoms with Crippen LogP contribution < -0.4 is 5.32 Å².